The molecule has 126 valence electrons. The van der Waals surface area contributed by atoms with Gasteiger partial charge in [-0.15, -0.1) is 0 Å². The van der Waals surface area contributed by atoms with Crippen LogP contribution in [0.2, 0.25) is 0 Å². The Morgan fingerprint density at radius 2 is 1.52 bits per heavy atom. The summed E-state index contributed by atoms with van der Waals surface area (Å²) < 4.78 is 6.21. The van der Waals surface area contributed by atoms with Crippen LogP contribution in [-0.4, -0.2) is 13.0 Å². The highest BCUT2D eigenvalue weighted by molar-refractivity contribution is 9.10. The molecule has 2 N–H and O–H groups in total. The average molecular weight is 397 g/mol. The van der Waals surface area contributed by atoms with Crippen LogP contribution in [-0.2, 0) is 0 Å². The van der Waals surface area contributed by atoms with Gasteiger partial charge in [0.25, 0.3) is 5.91 Å². The zero-order valence-corrected chi connectivity index (χ0v) is 15.2. The minimum Gasteiger partial charge on any atom is -0.496 e. The molecule has 0 heterocycles. The lowest BCUT2D eigenvalue weighted by Gasteiger charge is -2.11. The number of nitrogens with one attached hydrogen (secondary N) is 2. The van der Waals surface area contributed by atoms with Crippen molar-refractivity contribution < 1.29 is 9.53 Å². The van der Waals surface area contributed by atoms with E-state index < -0.39 is 0 Å². The van der Waals surface area contributed by atoms with Crippen LogP contribution in [0.15, 0.2) is 77.3 Å². The summed E-state index contributed by atoms with van der Waals surface area (Å²) in [7, 11) is 1.55. The van der Waals surface area contributed by atoms with Crippen molar-refractivity contribution in [3.8, 4) is 5.75 Å². The molecule has 0 aliphatic heterocycles. The molecule has 25 heavy (non-hydrogen) atoms. The molecular formula is C20H17BrN2O2. The van der Waals surface area contributed by atoms with E-state index >= 15 is 0 Å². The first-order valence-corrected chi connectivity index (χ1v) is 8.52. The van der Waals surface area contributed by atoms with Crippen molar-refractivity contribution in [2.24, 2.45) is 0 Å². The summed E-state index contributed by atoms with van der Waals surface area (Å²) >= 11 is 3.51. The van der Waals surface area contributed by atoms with Crippen molar-refractivity contribution in [2.45, 2.75) is 0 Å². The van der Waals surface area contributed by atoms with Crippen LogP contribution in [0.3, 0.4) is 0 Å². The SMILES string of the molecule is COc1ccccc1C(=O)Nc1ccc(Nc2ccccc2Br)cc1. The summed E-state index contributed by atoms with van der Waals surface area (Å²) in [6.07, 6.45) is 0. The van der Waals surface area contributed by atoms with Gasteiger partial charge in [-0.2, -0.15) is 0 Å². The summed E-state index contributed by atoms with van der Waals surface area (Å²) in [6, 6.07) is 22.6. The first kappa shape index (κ1) is 17.0. The lowest BCUT2D eigenvalue weighted by Crippen LogP contribution is -2.13. The standard InChI is InChI=1S/C20H17BrN2O2/c1-25-19-9-5-2-6-16(19)20(24)23-15-12-10-14(11-13-15)22-18-8-4-3-7-17(18)21/h2-13,22H,1H3,(H,23,24). The van der Waals surface area contributed by atoms with Crippen molar-refractivity contribution >= 4 is 38.9 Å². The number of benzene rings is 3. The van der Waals surface area contributed by atoms with Crippen molar-refractivity contribution in [3.63, 3.8) is 0 Å². The smallest absolute Gasteiger partial charge is 0.259 e. The zero-order valence-electron chi connectivity index (χ0n) is 13.6. The molecule has 0 aliphatic carbocycles. The van der Waals surface area contributed by atoms with Gasteiger partial charge >= 0.3 is 0 Å². The molecule has 0 atom stereocenters. The van der Waals surface area contributed by atoms with Gasteiger partial charge in [-0.1, -0.05) is 24.3 Å². The van der Waals surface area contributed by atoms with E-state index in [9.17, 15) is 4.79 Å². The number of carbonyl (C=O) groups excluding carboxylic acids is 1. The first-order chi connectivity index (χ1) is 12.2. The molecule has 0 bridgehead atoms. The maximum atomic E-state index is 12.4. The van der Waals surface area contributed by atoms with Crippen molar-refractivity contribution in [2.75, 3.05) is 17.7 Å². The number of rotatable bonds is 5. The maximum absolute atomic E-state index is 12.4. The van der Waals surface area contributed by atoms with Gasteiger partial charge in [0.2, 0.25) is 0 Å². The quantitative estimate of drug-likeness (QED) is 0.602. The fourth-order valence-corrected chi connectivity index (χ4v) is 2.77. The van der Waals surface area contributed by atoms with Crippen LogP contribution in [0.25, 0.3) is 0 Å². The topological polar surface area (TPSA) is 50.4 Å². The molecule has 1 amide bonds. The Hall–Kier alpha value is -2.79. The Morgan fingerprint density at radius 3 is 2.24 bits per heavy atom. The van der Waals surface area contributed by atoms with Crippen LogP contribution in [0, 0.1) is 0 Å². The van der Waals surface area contributed by atoms with Gasteiger partial charge < -0.3 is 15.4 Å². The van der Waals surface area contributed by atoms with Crippen LogP contribution < -0.4 is 15.4 Å². The monoisotopic (exact) mass is 396 g/mol. The summed E-state index contributed by atoms with van der Waals surface area (Å²) in [4.78, 5) is 12.4. The summed E-state index contributed by atoms with van der Waals surface area (Å²) in [6.45, 7) is 0. The molecule has 4 nitrogen and oxygen atoms in total. The Balaban J connectivity index is 1.70. The van der Waals surface area contributed by atoms with Crippen LogP contribution >= 0.6 is 15.9 Å². The van der Waals surface area contributed by atoms with Crippen molar-refractivity contribution in [1.29, 1.82) is 0 Å². The highest BCUT2D eigenvalue weighted by Gasteiger charge is 2.11. The second-order valence-corrected chi connectivity index (χ2v) is 6.19. The van der Waals surface area contributed by atoms with Crippen LogP contribution in [0.5, 0.6) is 5.75 Å². The minimum absolute atomic E-state index is 0.205. The van der Waals surface area contributed by atoms with Gasteiger partial charge in [0.15, 0.2) is 0 Å². The zero-order chi connectivity index (χ0) is 17.6. The largest absolute Gasteiger partial charge is 0.496 e. The Kier molecular flexibility index (Phi) is 5.36. The third-order valence-electron chi connectivity index (χ3n) is 3.65. The number of hydrogen-bond acceptors (Lipinski definition) is 3. The summed E-state index contributed by atoms with van der Waals surface area (Å²) in [5, 5.41) is 6.20. The number of hydrogen-bond donors (Lipinski definition) is 2. The van der Waals surface area contributed by atoms with Gasteiger partial charge in [-0.3, -0.25) is 4.79 Å². The fraction of sp³-hybridized carbons (Fsp3) is 0.0500. The first-order valence-electron chi connectivity index (χ1n) is 7.73. The lowest BCUT2D eigenvalue weighted by molar-refractivity contribution is 0.102. The van der Waals surface area contributed by atoms with Gasteiger partial charge in [-0.25, -0.2) is 0 Å². The van der Waals surface area contributed by atoms with Gasteiger partial charge in [0, 0.05) is 15.8 Å². The summed E-state index contributed by atoms with van der Waals surface area (Å²) in [5.74, 6) is 0.344. The van der Waals surface area contributed by atoms with Crippen LogP contribution in [0.1, 0.15) is 10.4 Å². The van der Waals surface area contributed by atoms with E-state index in [0.717, 1.165) is 15.8 Å². The highest BCUT2D eigenvalue weighted by atomic mass is 79.9. The number of anilines is 3. The van der Waals surface area contributed by atoms with Gasteiger partial charge in [0.05, 0.1) is 18.4 Å². The summed E-state index contributed by atoms with van der Waals surface area (Å²) in [5.41, 5.74) is 3.13. The molecule has 0 unspecified atom stereocenters. The second-order valence-electron chi connectivity index (χ2n) is 5.34. The molecule has 0 aromatic heterocycles. The third-order valence-corrected chi connectivity index (χ3v) is 4.34. The van der Waals surface area contributed by atoms with E-state index in [-0.39, 0.29) is 5.91 Å². The van der Waals surface area contributed by atoms with Gasteiger partial charge in [0.1, 0.15) is 5.75 Å². The lowest BCUT2D eigenvalue weighted by atomic mass is 10.2. The molecule has 0 aliphatic rings. The van der Waals surface area contributed by atoms with E-state index in [1.165, 1.54) is 0 Å². The molecule has 3 aromatic carbocycles. The predicted octanol–water partition coefficient (Wildman–Crippen LogP) is 5.45. The number of halogens is 1. The van der Waals surface area contributed by atoms with Crippen molar-refractivity contribution in [1.82, 2.24) is 0 Å². The number of amides is 1. The average Bonchev–Trinajstić information content (AvgIpc) is 2.65. The number of ether oxygens (including phenoxy) is 1. The molecule has 3 rings (SSSR count). The molecular weight excluding hydrogens is 380 g/mol. The highest BCUT2D eigenvalue weighted by Crippen LogP contribution is 2.26. The van der Waals surface area contributed by atoms with E-state index in [2.05, 4.69) is 26.6 Å². The fourth-order valence-electron chi connectivity index (χ4n) is 2.39. The molecule has 0 saturated carbocycles. The minimum atomic E-state index is -0.205. The van der Waals surface area contributed by atoms with Crippen LogP contribution in [0.4, 0.5) is 17.1 Å². The molecule has 5 heteroatoms. The molecule has 0 radical (unpaired) electrons. The number of para-hydroxylation sites is 2. The van der Waals surface area contributed by atoms with E-state index in [4.69, 9.17) is 4.74 Å². The Morgan fingerprint density at radius 1 is 0.880 bits per heavy atom. The van der Waals surface area contributed by atoms with E-state index in [0.29, 0.717) is 17.0 Å². The molecule has 0 saturated heterocycles. The van der Waals surface area contributed by atoms with E-state index in [1.807, 2.05) is 60.7 Å². The number of methoxy groups -OCH3 is 1. The van der Waals surface area contributed by atoms with E-state index in [1.54, 1.807) is 19.2 Å². The molecule has 0 spiro atoms. The Labute approximate surface area is 155 Å². The third kappa shape index (κ3) is 4.19. The van der Waals surface area contributed by atoms with Gasteiger partial charge in [-0.05, 0) is 64.5 Å². The molecule has 3 aromatic rings. The Bertz CT molecular complexity index is 879. The number of carbonyl (C=O) groups is 1. The second kappa shape index (κ2) is 7.85. The molecule has 0 fully saturated rings. The van der Waals surface area contributed by atoms with Crippen molar-refractivity contribution in [3.05, 3.63) is 82.8 Å². The maximum Gasteiger partial charge on any atom is 0.259 e. The predicted molar refractivity (Wildman–Crippen MR) is 105 cm³/mol. The normalized spacial score (nSPS) is 10.2.